The van der Waals surface area contributed by atoms with E-state index in [1.54, 1.807) is 25.3 Å². The number of nitrogens with one attached hydrogen (secondary N) is 3. The summed E-state index contributed by atoms with van der Waals surface area (Å²) in [5, 5.41) is 5.79. The van der Waals surface area contributed by atoms with Crippen molar-refractivity contribution in [2.45, 2.75) is 94.7 Å². The zero-order valence-corrected chi connectivity index (χ0v) is 33.2. The van der Waals surface area contributed by atoms with E-state index in [9.17, 15) is 27.6 Å². The van der Waals surface area contributed by atoms with Gasteiger partial charge in [0.2, 0.25) is 27.7 Å². The Morgan fingerprint density at radius 1 is 1.07 bits per heavy atom. The quantitative estimate of drug-likeness (QED) is 0.136. The zero-order valence-electron chi connectivity index (χ0n) is 32.4. The standard InChI is InChI=1S/C42H51N5O8S/c1-7-9-11-16-36(48)44-37(41(3,4)5)39(50)47-25-29(22-34(47)38(49)45-42(24-27(42)8-2)40(51)46-56(52,53)30-18-19-30)55-35-23-32(26-14-12-10-13-15-26)43-33-21-28(54-6)17-20-31(33)35/h7-8,10,12-15,17,20-21,23,27,29-30,34,37H,1-2,9,11,16,18-19,22,24-25H2,3-6H3,(H,44,48)(H,45,49)(H,46,51)/t27-,29+,34-,37-,42-/m0/s1. The maximum Gasteiger partial charge on any atom is 0.259 e. The van der Waals surface area contributed by atoms with E-state index in [1.807, 2.05) is 63.2 Å². The summed E-state index contributed by atoms with van der Waals surface area (Å²) in [6.07, 6.45) is 5.03. The molecule has 0 bridgehead atoms. The highest BCUT2D eigenvalue weighted by atomic mass is 32.2. The number of carbonyl (C=O) groups excluding carboxylic acids is 4. The van der Waals surface area contributed by atoms with Crippen molar-refractivity contribution in [1.82, 2.24) is 25.2 Å². The van der Waals surface area contributed by atoms with Crippen LogP contribution in [0.15, 0.2) is 79.9 Å². The molecule has 2 aromatic carbocycles. The van der Waals surface area contributed by atoms with Gasteiger partial charge in [0, 0.05) is 41.8 Å². The molecule has 13 nitrogen and oxygen atoms in total. The van der Waals surface area contributed by atoms with Crippen molar-refractivity contribution in [2.24, 2.45) is 11.3 Å². The molecule has 2 aliphatic carbocycles. The van der Waals surface area contributed by atoms with Crippen LogP contribution in [0.5, 0.6) is 11.5 Å². The van der Waals surface area contributed by atoms with Gasteiger partial charge in [-0.15, -0.1) is 13.2 Å². The van der Waals surface area contributed by atoms with Crippen molar-refractivity contribution in [3.8, 4) is 22.8 Å². The number of aromatic nitrogens is 1. The van der Waals surface area contributed by atoms with Gasteiger partial charge in [-0.2, -0.15) is 0 Å². The Hall–Kier alpha value is -5.24. The molecule has 4 amide bonds. The highest BCUT2D eigenvalue weighted by molar-refractivity contribution is 7.91. The van der Waals surface area contributed by atoms with E-state index in [0.29, 0.717) is 53.8 Å². The van der Waals surface area contributed by atoms with E-state index in [-0.39, 0.29) is 31.7 Å². The van der Waals surface area contributed by atoms with Gasteiger partial charge in [-0.25, -0.2) is 13.4 Å². The van der Waals surface area contributed by atoms with Crippen molar-refractivity contribution in [1.29, 1.82) is 0 Å². The lowest BCUT2D eigenvalue weighted by Gasteiger charge is -2.35. The van der Waals surface area contributed by atoms with Gasteiger partial charge in [-0.05, 0) is 49.7 Å². The zero-order chi connectivity index (χ0) is 40.4. The van der Waals surface area contributed by atoms with Crippen molar-refractivity contribution in [3.63, 3.8) is 0 Å². The minimum Gasteiger partial charge on any atom is -0.497 e. The van der Waals surface area contributed by atoms with Gasteiger partial charge in [0.1, 0.15) is 35.2 Å². The largest absolute Gasteiger partial charge is 0.497 e. The maximum atomic E-state index is 14.7. The summed E-state index contributed by atoms with van der Waals surface area (Å²) < 4.78 is 39.9. The molecule has 1 saturated heterocycles. The number of amides is 4. The van der Waals surface area contributed by atoms with Crippen molar-refractivity contribution in [2.75, 3.05) is 13.7 Å². The Bertz CT molecular complexity index is 2130. The fourth-order valence-corrected chi connectivity index (χ4v) is 8.55. The molecule has 0 radical (unpaired) electrons. The summed E-state index contributed by atoms with van der Waals surface area (Å²) in [5.41, 5.74) is -0.188. The van der Waals surface area contributed by atoms with Crippen LogP contribution in [0.3, 0.4) is 0 Å². The number of allylic oxidation sites excluding steroid dienone is 1. The Balaban J connectivity index is 1.33. The lowest BCUT2D eigenvalue weighted by atomic mass is 9.85. The number of ether oxygens (including phenoxy) is 2. The average Bonchev–Trinajstić information content (AvgIpc) is 4.10. The van der Waals surface area contributed by atoms with Crippen molar-refractivity contribution in [3.05, 3.63) is 79.9 Å². The van der Waals surface area contributed by atoms with Gasteiger partial charge in [-0.3, -0.25) is 23.9 Å². The van der Waals surface area contributed by atoms with Crippen molar-refractivity contribution >= 4 is 44.6 Å². The van der Waals surface area contributed by atoms with Gasteiger partial charge in [0.25, 0.3) is 5.91 Å². The number of benzene rings is 2. The second-order valence-corrected chi connectivity index (χ2v) is 17.9. The molecule has 3 N–H and O–H groups in total. The van der Waals surface area contributed by atoms with Crippen LogP contribution < -0.4 is 24.8 Å². The van der Waals surface area contributed by atoms with E-state index in [0.717, 1.165) is 5.56 Å². The number of unbranched alkanes of at least 4 members (excludes halogenated alkanes) is 1. The number of likely N-dealkylation sites (tertiary alicyclic amines) is 1. The first-order valence-electron chi connectivity index (χ1n) is 19.0. The summed E-state index contributed by atoms with van der Waals surface area (Å²) in [4.78, 5) is 62.1. The molecule has 3 aliphatic rings. The Labute approximate surface area is 328 Å². The van der Waals surface area contributed by atoms with Gasteiger partial charge < -0.3 is 25.0 Å². The molecule has 1 aromatic heterocycles. The molecule has 56 heavy (non-hydrogen) atoms. The summed E-state index contributed by atoms with van der Waals surface area (Å²) in [5.74, 6) is -1.71. The predicted molar refractivity (Wildman–Crippen MR) is 213 cm³/mol. The predicted octanol–water partition coefficient (Wildman–Crippen LogP) is 4.82. The van der Waals surface area contributed by atoms with Gasteiger partial charge in [0.05, 0.1) is 30.1 Å². The van der Waals surface area contributed by atoms with Crippen LogP contribution in [0.4, 0.5) is 0 Å². The molecule has 14 heteroatoms. The van der Waals surface area contributed by atoms with E-state index < -0.39 is 68.1 Å². The number of hydrogen-bond acceptors (Lipinski definition) is 9. The molecule has 0 unspecified atom stereocenters. The van der Waals surface area contributed by atoms with Crippen molar-refractivity contribution < 1.29 is 37.1 Å². The third-order valence-corrected chi connectivity index (χ3v) is 12.5. The highest BCUT2D eigenvalue weighted by Crippen LogP contribution is 2.46. The molecule has 2 saturated carbocycles. The molecule has 298 valence electrons. The Morgan fingerprint density at radius 3 is 2.43 bits per heavy atom. The molecule has 3 fully saturated rings. The third kappa shape index (κ3) is 8.75. The highest BCUT2D eigenvalue weighted by Gasteiger charge is 2.62. The number of fused-ring (bicyclic) bond motifs is 1. The fraction of sp³-hybridized carbons (Fsp3) is 0.452. The van der Waals surface area contributed by atoms with E-state index >= 15 is 0 Å². The molecular formula is C42H51N5O8S. The first-order valence-corrected chi connectivity index (χ1v) is 20.6. The molecule has 2 heterocycles. The molecule has 6 rings (SSSR count). The number of pyridine rings is 1. The molecule has 3 aromatic rings. The van der Waals surface area contributed by atoms with E-state index in [1.165, 1.54) is 11.0 Å². The van der Waals surface area contributed by atoms with Gasteiger partial charge in [-0.1, -0.05) is 63.3 Å². The first-order chi connectivity index (χ1) is 26.6. The number of hydrogen-bond donors (Lipinski definition) is 3. The minimum atomic E-state index is -3.91. The topological polar surface area (TPSA) is 173 Å². The number of nitrogens with zero attached hydrogens (tertiary/aromatic N) is 2. The van der Waals surface area contributed by atoms with Crippen LogP contribution in [-0.4, -0.2) is 84.6 Å². The van der Waals surface area contributed by atoms with Gasteiger partial charge in [0.15, 0.2) is 0 Å². The molecule has 0 spiro atoms. The lowest BCUT2D eigenvalue weighted by Crippen LogP contribution is -2.60. The number of carbonyl (C=O) groups is 4. The minimum absolute atomic E-state index is 0.0172. The number of sulfonamides is 1. The summed E-state index contributed by atoms with van der Waals surface area (Å²) in [7, 11) is -2.33. The van der Waals surface area contributed by atoms with Crippen LogP contribution in [-0.2, 0) is 29.2 Å². The third-order valence-electron chi connectivity index (χ3n) is 10.7. The number of methoxy groups -OCH3 is 1. The maximum absolute atomic E-state index is 14.7. The van der Waals surface area contributed by atoms with Crippen LogP contribution in [0.25, 0.3) is 22.2 Å². The molecular weight excluding hydrogens is 735 g/mol. The first kappa shape index (κ1) is 40.4. The summed E-state index contributed by atoms with van der Waals surface area (Å²) in [6.45, 7) is 13.0. The number of rotatable bonds is 16. The second-order valence-electron chi connectivity index (χ2n) is 16.0. The van der Waals surface area contributed by atoms with E-state index in [2.05, 4.69) is 28.5 Å². The van der Waals surface area contributed by atoms with E-state index in [4.69, 9.17) is 14.5 Å². The summed E-state index contributed by atoms with van der Waals surface area (Å²) in [6, 6.07) is 14.7. The smallest absolute Gasteiger partial charge is 0.259 e. The van der Waals surface area contributed by atoms with Crippen LogP contribution >= 0.6 is 0 Å². The van der Waals surface area contributed by atoms with Crippen LogP contribution in [0.2, 0.25) is 0 Å². The molecule has 1 aliphatic heterocycles. The average molecular weight is 786 g/mol. The monoisotopic (exact) mass is 785 g/mol. The fourth-order valence-electron chi connectivity index (χ4n) is 7.19. The Kier molecular flexibility index (Phi) is 11.6. The second kappa shape index (κ2) is 16.1. The van der Waals surface area contributed by atoms with Crippen LogP contribution in [0.1, 0.15) is 65.7 Å². The molecule has 5 atom stereocenters. The van der Waals surface area contributed by atoms with Gasteiger partial charge >= 0.3 is 0 Å². The lowest BCUT2D eigenvalue weighted by molar-refractivity contribution is -0.144. The SMILES string of the molecule is C=CCCCC(=O)N[C@@H](C(=O)N1C[C@H](Oc2cc(-c3ccccc3)nc3cc(OC)ccc23)C[C@H]1C(=O)N[C@@]1(C(=O)NS(=O)(=O)C2CC2)C[C@@H]1C=C)C(C)(C)C. The summed E-state index contributed by atoms with van der Waals surface area (Å²) >= 11 is 0. The van der Waals surface area contributed by atoms with Crippen LogP contribution in [0, 0.1) is 11.3 Å². The Morgan fingerprint density at radius 2 is 1.80 bits per heavy atom. The normalized spacial score (nSPS) is 22.4.